The molecule has 3 aromatic heterocycles. The number of nitrogens with zero attached hydrogens (tertiary/aromatic N) is 4. The highest BCUT2D eigenvalue weighted by molar-refractivity contribution is 7.15. The second-order valence-corrected chi connectivity index (χ2v) is 7.96. The van der Waals surface area contributed by atoms with E-state index >= 15 is 0 Å². The van der Waals surface area contributed by atoms with E-state index in [-0.39, 0.29) is 17.4 Å². The Balaban J connectivity index is 1.53. The van der Waals surface area contributed by atoms with Crippen LogP contribution in [0.25, 0.3) is 4.96 Å². The average molecular weight is 332 g/mol. The van der Waals surface area contributed by atoms with Crippen molar-refractivity contribution in [3.63, 3.8) is 0 Å². The molecule has 4 rings (SSSR count). The summed E-state index contributed by atoms with van der Waals surface area (Å²) in [5.74, 6) is 1.49. The van der Waals surface area contributed by atoms with E-state index in [1.54, 1.807) is 11.3 Å². The first-order valence-corrected chi connectivity index (χ1v) is 8.73. The molecule has 0 spiro atoms. The standard InChI is InChI=1S/C16H20N4O2S/c1-16(2,3)13-11(4-6-21-13)14-19-18-12(22-14)8-10-9-20-5-7-23-15(20)17-10/h5,7,9,11,13H,4,6,8H2,1-3H3/t11-,13-/m0/s1. The third-order valence-electron chi connectivity index (χ3n) is 4.22. The van der Waals surface area contributed by atoms with Gasteiger partial charge in [-0.25, -0.2) is 4.98 Å². The van der Waals surface area contributed by atoms with Gasteiger partial charge in [-0.05, 0) is 11.8 Å². The summed E-state index contributed by atoms with van der Waals surface area (Å²) in [5, 5.41) is 10.5. The molecule has 1 aliphatic heterocycles. The van der Waals surface area contributed by atoms with Crippen LogP contribution < -0.4 is 0 Å². The van der Waals surface area contributed by atoms with Gasteiger partial charge in [0.15, 0.2) is 4.96 Å². The highest BCUT2D eigenvalue weighted by Crippen LogP contribution is 2.40. The molecule has 0 N–H and O–H groups in total. The van der Waals surface area contributed by atoms with Crippen molar-refractivity contribution in [2.75, 3.05) is 6.61 Å². The van der Waals surface area contributed by atoms with E-state index in [2.05, 4.69) is 36.0 Å². The second kappa shape index (κ2) is 5.42. The van der Waals surface area contributed by atoms with Crippen LogP contribution >= 0.6 is 11.3 Å². The molecule has 0 aliphatic carbocycles. The summed E-state index contributed by atoms with van der Waals surface area (Å²) in [7, 11) is 0. The van der Waals surface area contributed by atoms with Gasteiger partial charge in [0.2, 0.25) is 11.8 Å². The molecule has 23 heavy (non-hydrogen) atoms. The highest BCUT2D eigenvalue weighted by atomic mass is 32.1. The number of imidazole rings is 1. The zero-order valence-electron chi connectivity index (χ0n) is 13.5. The van der Waals surface area contributed by atoms with Crippen LogP contribution in [-0.4, -0.2) is 32.3 Å². The minimum Gasteiger partial charge on any atom is -0.424 e. The quantitative estimate of drug-likeness (QED) is 0.736. The molecule has 0 amide bonds. The molecule has 2 atom stereocenters. The topological polar surface area (TPSA) is 65.5 Å². The van der Waals surface area contributed by atoms with Crippen LogP contribution in [0, 0.1) is 5.41 Å². The minimum absolute atomic E-state index is 0.0596. The normalized spacial score (nSPS) is 22.2. The van der Waals surface area contributed by atoms with Gasteiger partial charge in [0.05, 0.1) is 24.1 Å². The zero-order valence-corrected chi connectivity index (χ0v) is 14.3. The molecule has 3 aromatic rings. The Labute approximate surface area is 138 Å². The molecule has 1 saturated heterocycles. The summed E-state index contributed by atoms with van der Waals surface area (Å²) < 4.78 is 13.8. The molecule has 1 fully saturated rings. The molecular weight excluding hydrogens is 312 g/mol. The fourth-order valence-electron chi connectivity index (χ4n) is 3.20. The summed E-state index contributed by atoms with van der Waals surface area (Å²) in [5.41, 5.74) is 1.01. The van der Waals surface area contributed by atoms with Gasteiger partial charge >= 0.3 is 0 Å². The Kier molecular flexibility index (Phi) is 3.50. The summed E-state index contributed by atoms with van der Waals surface area (Å²) in [6.07, 6.45) is 5.62. The van der Waals surface area contributed by atoms with Gasteiger partial charge in [-0.3, -0.25) is 4.40 Å². The number of aromatic nitrogens is 4. The van der Waals surface area contributed by atoms with Gasteiger partial charge in [0.25, 0.3) is 0 Å². The van der Waals surface area contributed by atoms with Gasteiger partial charge in [-0.2, -0.15) is 0 Å². The summed E-state index contributed by atoms with van der Waals surface area (Å²) in [6.45, 7) is 7.31. The minimum atomic E-state index is 0.0596. The lowest BCUT2D eigenvalue weighted by Crippen LogP contribution is -2.30. The molecule has 0 saturated carbocycles. The first-order valence-electron chi connectivity index (χ1n) is 7.85. The maximum Gasteiger partial charge on any atom is 0.222 e. The smallest absolute Gasteiger partial charge is 0.222 e. The molecular formula is C16H20N4O2S. The number of ether oxygens (including phenoxy) is 1. The van der Waals surface area contributed by atoms with Crippen LogP contribution in [-0.2, 0) is 11.2 Å². The van der Waals surface area contributed by atoms with Crippen molar-refractivity contribution in [1.82, 2.24) is 19.6 Å². The van der Waals surface area contributed by atoms with Gasteiger partial charge in [0.1, 0.15) is 0 Å². The lowest BCUT2D eigenvalue weighted by Gasteiger charge is -2.29. The molecule has 1 aliphatic rings. The molecule has 0 unspecified atom stereocenters. The van der Waals surface area contributed by atoms with Crippen LogP contribution in [0.2, 0.25) is 0 Å². The van der Waals surface area contributed by atoms with E-state index in [1.807, 2.05) is 22.2 Å². The Bertz CT molecular complexity index is 785. The van der Waals surface area contributed by atoms with Crippen molar-refractivity contribution < 1.29 is 9.15 Å². The maximum atomic E-state index is 5.92. The van der Waals surface area contributed by atoms with Crippen molar-refractivity contribution in [2.45, 2.75) is 45.6 Å². The maximum absolute atomic E-state index is 5.92. The van der Waals surface area contributed by atoms with Crippen LogP contribution in [0.5, 0.6) is 0 Å². The number of thiazole rings is 1. The van der Waals surface area contributed by atoms with Gasteiger partial charge < -0.3 is 9.15 Å². The van der Waals surface area contributed by atoms with E-state index in [1.165, 1.54) is 0 Å². The fourth-order valence-corrected chi connectivity index (χ4v) is 3.92. The van der Waals surface area contributed by atoms with E-state index in [4.69, 9.17) is 9.15 Å². The predicted molar refractivity (Wildman–Crippen MR) is 86.7 cm³/mol. The molecule has 4 heterocycles. The SMILES string of the molecule is CC(C)(C)[C@H]1OCC[C@@H]1c1nnc(Cc2cn3ccsc3n2)o1. The van der Waals surface area contributed by atoms with Crippen LogP contribution in [0.15, 0.2) is 22.2 Å². The second-order valence-electron chi connectivity index (χ2n) is 7.09. The Morgan fingerprint density at radius 1 is 1.35 bits per heavy atom. The predicted octanol–water partition coefficient (Wildman–Crippen LogP) is 3.29. The van der Waals surface area contributed by atoms with Crippen molar-refractivity contribution in [2.24, 2.45) is 5.41 Å². The van der Waals surface area contributed by atoms with E-state index < -0.39 is 0 Å². The number of hydrogen-bond donors (Lipinski definition) is 0. The first kappa shape index (κ1) is 14.8. The van der Waals surface area contributed by atoms with Crippen LogP contribution in [0.4, 0.5) is 0 Å². The third kappa shape index (κ3) is 2.79. The zero-order chi connectivity index (χ0) is 16.0. The monoisotopic (exact) mass is 332 g/mol. The molecule has 7 heteroatoms. The average Bonchev–Trinajstić information content (AvgIpc) is 3.20. The Morgan fingerprint density at radius 3 is 3.00 bits per heavy atom. The number of fused-ring (bicyclic) bond motifs is 1. The lowest BCUT2D eigenvalue weighted by molar-refractivity contribution is 0.0170. The molecule has 0 bridgehead atoms. The van der Waals surface area contributed by atoms with E-state index in [0.717, 1.165) is 23.7 Å². The number of rotatable bonds is 3. The van der Waals surface area contributed by atoms with E-state index in [0.29, 0.717) is 18.2 Å². The highest BCUT2D eigenvalue weighted by Gasteiger charge is 2.41. The van der Waals surface area contributed by atoms with Crippen molar-refractivity contribution in [1.29, 1.82) is 0 Å². The van der Waals surface area contributed by atoms with Crippen LogP contribution in [0.3, 0.4) is 0 Å². The van der Waals surface area contributed by atoms with Gasteiger partial charge in [-0.15, -0.1) is 21.5 Å². The first-order chi connectivity index (χ1) is 11.0. The Hall–Kier alpha value is -1.73. The van der Waals surface area contributed by atoms with Gasteiger partial charge in [-0.1, -0.05) is 20.8 Å². The van der Waals surface area contributed by atoms with E-state index in [9.17, 15) is 0 Å². The van der Waals surface area contributed by atoms with Gasteiger partial charge in [0, 0.05) is 24.4 Å². The largest absolute Gasteiger partial charge is 0.424 e. The summed E-state index contributed by atoms with van der Waals surface area (Å²) >= 11 is 1.62. The van der Waals surface area contributed by atoms with Crippen molar-refractivity contribution in [3.8, 4) is 0 Å². The van der Waals surface area contributed by atoms with Crippen molar-refractivity contribution in [3.05, 3.63) is 35.2 Å². The molecule has 0 aromatic carbocycles. The Morgan fingerprint density at radius 2 is 2.22 bits per heavy atom. The molecule has 122 valence electrons. The summed E-state index contributed by atoms with van der Waals surface area (Å²) in [4.78, 5) is 5.54. The molecule has 0 radical (unpaired) electrons. The molecule has 6 nitrogen and oxygen atoms in total. The third-order valence-corrected chi connectivity index (χ3v) is 4.99. The van der Waals surface area contributed by atoms with Crippen molar-refractivity contribution >= 4 is 16.3 Å². The summed E-state index contributed by atoms with van der Waals surface area (Å²) in [6, 6.07) is 0. The fraction of sp³-hybridized carbons (Fsp3) is 0.562. The van der Waals surface area contributed by atoms with Crippen LogP contribution in [0.1, 0.15) is 50.6 Å². The number of hydrogen-bond acceptors (Lipinski definition) is 6. The lowest BCUT2D eigenvalue weighted by atomic mass is 9.81.